The molecule has 1 aliphatic carbocycles. The molecule has 1 unspecified atom stereocenters. The molecule has 1 fully saturated rings. The van der Waals surface area contributed by atoms with Crippen LogP contribution in [-0.4, -0.2) is 36.2 Å². The zero-order chi connectivity index (χ0) is 21.5. The highest BCUT2D eigenvalue weighted by Crippen LogP contribution is 2.36. The van der Waals surface area contributed by atoms with Crippen LogP contribution in [0.25, 0.3) is 16.6 Å². The van der Waals surface area contributed by atoms with Gasteiger partial charge in [-0.05, 0) is 48.9 Å². The SMILES string of the molecule is CC(Nc1c(C(N)=O)cnn2cc(-c3cccc(CNS(C)(=O)=O)c3)cc12)C1CC1. The van der Waals surface area contributed by atoms with E-state index in [1.807, 2.05) is 36.5 Å². The Hall–Kier alpha value is -2.91. The lowest BCUT2D eigenvalue weighted by molar-refractivity contribution is 0.100. The highest BCUT2D eigenvalue weighted by atomic mass is 32.2. The molecule has 1 aliphatic rings. The highest BCUT2D eigenvalue weighted by molar-refractivity contribution is 7.88. The number of benzene rings is 1. The lowest BCUT2D eigenvalue weighted by Crippen LogP contribution is -2.22. The number of sulfonamides is 1. The summed E-state index contributed by atoms with van der Waals surface area (Å²) in [6, 6.07) is 9.83. The van der Waals surface area contributed by atoms with Crippen LogP contribution in [0.4, 0.5) is 5.69 Å². The minimum Gasteiger partial charge on any atom is -0.380 e. The number of carbonyl (C=O) groups excluding carboxylic acids is 1. The van der Waals surface area contributed by atoms with E-state index in [0.717, 1.165) is 28.5 Å². The Morgan fingerprint density at radius 2 is 2.07 bits per heavy atom. The maximum Gasteiger partial charge on any atom is 0.252 e. The van der Waals surface area contributed by atoms with Crippen LogP contribution in [0.1, 0.15) is 35.7 Å². The van der Waals surface area contributed by atoms with Gasteiger partial charge in [-0.3, -0.25) is 4.79 Å². The molecule has 0 aliphatic heterocycles. The first-order valence-electron chi connectivity index (χ1n) is 9.83. The summed E-state index contributed by atoms with van der Waals surface area (Å²) in [7, 11) is -3.27. The zero-order valence-electron chi connectivity index (χ0n) is 16.9. The van der Waals surface area contributed by atoms with E-state index in [-0.39, 0.29) is 12.6 Å². The van der Waals surface area contributed by atoms with Gasteiger partial charge in [0.25, 0.3) is 5.91 Å². The number of aromatic nitrogens is 2. The van der Waals surface area contributed by atoms with Gasteiger partial charge in [-0.2, -0.15) is 5.10 Å². The zero-order valence-corrected chi connectivity index (χ0v) is 17.7. The maximum absolute atomic E-state index is 12.0. The van der Waals surface area contributed by atoms with E-state index in [1.165, 1.54) is 19.0 Å². The Morgan fingerprint density at radius 1 is 1.30 bits per heavy atom. The van der Waals surface area contributed by atoms with Gasteiger partial charge in [0.15, 0.2) is 0 Å². The standard InChI is InChI=1S/C21H25N5O3S/c1-13(15-6-7-15)25-20-18(21(22)27)11-23-26-12-17(9-19(20)26)16-5-3-4-14(8-16)10-24-30(2,28)29/h3-5,8-9,11-13,15,24-25H,6-7,10H2,1-2H3,(H2,22,27). The second kappa shape index (κ2) is 7.73. The summed E-state index contributed by atoms with van der Waals surface area (Å²) in [5.41, 5.74) is 10.1. The Kier molecular flexibility index (Phi) is 5.25. The number of fused-ring (bicyclic) bond motifs is 1. The second-order valence-corrected chi connectivity index (χ2v) is 9.75. The molecule has 158 valence electrons. The molecule has 30 heavy (non-hydrogen) atoms. The quantitative estimate of drug-likeness (QED) is 0.510. The van der Waals surface area contributed by atoms with Crippen molar-refractivity contribution in [2.45, 2.75) is 32.4 Å². The van der Waals surface area contributed by atoms with Gasteiger partial charge in [-0.15, -0.1) is 0 Å². The van der Waals surface area contributed by atoms with Gasteiger partial charge in [0.05, 0.1) is 29.2 Å². The topological polar surface area (TPSA) is 119 Å². The third kappa shape index (κ3) is 4.47. The van der Waals surface area contributed by atoms with E-state index in [1.54, 1.807) is 4.52 Å². The van der Waals surface area contributed by atoms with Crippen molar-refractivity contribution in [3.63, 3.8) is 0 Å². The van der Waals surface area contributed by atoms with E-state index >= 15 is 0 Å². The van der Waals surface area contributed by atoms with Gasteiger partial charge >= 0.3 is 0 Å². The number of anilines is 1. The number of hydrogen-bond acceptors (Lipinski definition) is 5. The van der Waals surface area contributed by atoms with Crippen LogP contribution >= 0.6 is 0 Å². The molecular formula is C21H25N5O3S. The largest absolute Gasteiger partial charge is 0.380 e. The fraction of sp³-hybridized carbons (Fsp3) is 0.333. The van der Waals surface area contributed by atoms with Gasteiger partial charge in [0, 0.05) is 24.3 Å². The van der Waals surface area contributed by atoms with Crippen LogP contribution in [0, 0.1) is 5.92 Å². The lowest BCUT2D eigenvalue weighted by atomic mass is 10.1. The van der Waals surface area contributed by atoms with Gasteiger partial charge < -0.3 is 11.1 Å². The van der Waals surface area contributed by atoms with E-state index < -0.39 is 15.9 Å². The van der Waals surface area contributed by atoms with Crippen molar-refractivity contribution in [2.75, 3.05) is 11.6 Å². The van der Waals surface area contributed by atoms with Crippen molar-refractivity contribution in [3.05, 3.63) is 53.9 Å². The minimum absolute atomic E-state index is 0.218. The molecule has 1 aromatic carbocycles. The van der Waals surface area contributed by atoms with Crippen LogP contribution in [0.3, 0.4) is 0 Å². The first-order valence-corrected chi connectivity index (χ1v) is 11.7. The first kappa shape index (κ1) is 20.4. The molecule has 9 heteroatoms. The summed E-state index contributed by atoms with van der Waals surface area (Å²) < 4.78 is 27.0. The summed E-state index contributed by atoms with van der Waals surface area (Å²) in [4.78, 5) is 12.0. The highest BCUT2D eigenvalue weighted by Gasteiger charge is 2.29. The van der Waals surface area contributed by atoms with Crippen molar-refractivity contribution in [3.8, 4) is 11.1 Å². The number of nitrogens with one attached hydrogen (secondary N) is 2. The molecule has 0 bridgehead atoms. The lowest BCUT2D eigenvalue weighted by Gasteiger charge is -2.17. The van der Waals surface area contributed by atoms with Crippen LogP contribution in [0.15, 0.2) is 42.7 Å². The Morgan fingerprint density at radius 3 is 2.73 bits per heavy atom. The van der Waals surface area contributed by atoms with E-state index in [9.17, 15) is 13.2 Å². The maximum atomic E-state index is 12.0. The average molecular weight is 428 g/mol. The van der Waals surface area contributed by atoms with E-state index in [2.05, 4.69) is 22.1 Å². The van der Waals surface area contributed by atoms with Crippen LogP contribution in [0.5, 0.6) is 0 Å². The van der Waals surface area contributed by atoms with Crippen LogP contribution in [-0.2, 0) is 16.6 Å². The average Bonchev–Trinajstić information content (AvgIpc) is 3.45. The number of nitrogens with zero attached hydrogens (tertiary/aromatic N) is 2. The third-order valence-corrected chi connectivity index (χ3v) is 6.07. The number of hydrogen-bond donors (Lipinski definition) is 3. The Labute approximate surface area is 175 Å². The van der Waals surface area contributed by atoms with Gasteiger partial charge in [-0.1, -0.05) is 18.2 Å². The van der Waals surface area contributed by atoms with E-state index in [0.29, 0.717) is 17.2 Å². The summed E-state index contributed by atoms with van der Waals surface area (Å²) in [6.45, 7) is 2.33. The Balaban J connectivity index is 1.72. The molecule has 8 nitrogen and oxygen atoms in total. The van der Waals surface area contributed by atoms with Crippen molar-refractivity contribution in [2.24, 2.45) is 11.7 Å². The number of rotatable bonds is 8. The Bertz CT molecular complexity index is 1210. The van der Waals surface area contributed by atoms with Crippen molar-refractivity contribution >= 4 is 27.1 Å². The molecule has 1 saturated carbocycles. The molecule has 0 saturated heterocycles. The normalized spacial score (nSPS) is 15.3. The van der Waals surface area contributed by atoms with Crippen molar-refractivity contribution in [1.82, 2.24) is 14.3 Å². The molecule has 4 rings (SSSR count). The molecule has 1 amide bonds. The molecule has 0 spiro atoms. The monoisotopic (exact) mass is 427 g/mol. The van der Waals surface area contributed by atoms with Gasteiger partial charge in [0.2, 0.25) is 10.0 Å². The van der Waals surface area contributed by atoms with E-state index in [4.69, 9.17) is 5.73 Å². The predicted octanol–water partition coefficient (Wildman–Crippen LogP) is 2.36. The fourth-order valence-electron chi connectivity index (χ4n) is 3.57. The summed E-state index contributed by atoms with van der Waals surface area (Å²) in [5, 5.41) is 7.82. The predicted molar refractivity (Wildman–Crippen MR) is 117 cm³/mol. The molecule has 3 aromatic rings. The third-order valence-electron chi connectivity index (χ3n) is 5.40. The second-order valence-electron chi connectivity index (χ2n) is 7.92. The molecular weight excluding hydrogens is 402 g/mol. The minimum atomic E-state index is -3.27. The number of carbonyl (C=O) groups is 1. The fourth-order valence-corrected chi connectivity index (χ4v) is 4.00. The molecule has 2 aromatic heterocycles. The number of nitrogens with two attached hydrogens (primary N) is 1. The summed E-state index contributed by atoms with van der Waals surface area (Å²) in [5.74, 6) is 0.0829. The van der Waals surface area contributed by atoms with Gasteiger partial charge in [0.1, 0.15) is 0 Å². The molecule has 4 N–H and O–H groups in total. The smallest absolute Gasteiger partial charge is 0.252 e. The first-order chi connectivity index (χ1) is 14.2. The molecule has 2 heterocycles. The number of primary amides is 1. The van der Waals surface area contributed by atoms with Crippen LogP contribution < -0.4 is 15.8 Å². The molecule has 0 radical (unpaired) electrons. The number of amides is 1. The summed E-state index contributed by atoms with van der Waals surface area (Å²) in [6.07, 6.45) is 6.88. The van der Waals surface area contributed by atoms with Gasteiger partial charge in [-0.25, -0.2) is 17.7 Å². The molecule has 1 atom stereocenters. The van der Waals surface area contributed by atoms with Crippen molar-refractivity contribution < 1.29 is 13.2 Å². The van der Waals surface area contributed by atoms with Crippen molar-refractivity contribution in [1.29, 1.82) is 0 Å². The summed E-state index contributed by atoms with van der Waals surface area (Å²) >= 11 is 0. The van der Waals surface area contributed by atoms with Crippen LogP contribution in [0.2, 0.25) is 0 Å².